The molecule has 0 aromatic heterocycles. The summed E-state index contributed by atoms with van der Waals surface area (Å²) in [5, 5.41) is 19.2. The van der Waals surface area contributed by atoms with Crippen molar-refractivity contribution in [1.82, 2.24) is 0 Å². The Morgan fingerprint density at radius 3 is 2.76 bits per heavy atom. The van der Waals surface area contributed by atoms with Crippen molar-refractivity contribution < 1.29 is 19.2 Å². The quantitative estimate of drug-likeness (QED) is 0.626. The molecule has 17 heavy (non-hydrogen) atoms. The number of nitro groups is 1. The predicted octanol–water partition coefficient (Wildman–Crippen LogP) is 1.64. The highest BCUT2D eigenvalue weighted by molar-refractivity contribution is 5.69. The van der Waals surface area contributed by atoms with Crippen molar-refractivity contribution in [2.75, 3.05) is 18.5 Å². The number of hydrogen-bond donors (Lipinski definition) is 1. The molecule has 1 rings (SSSR count). The Morgan fingerprint density at radius 2 is 2.24 bits per heavy atom. The van der Waals surface area contributed by atoms with Crippen molar-refractivity contribution in [2.24, 2.45) is 0 Å². The molecule has 0 bridgehead atoms. The molecule has 0 aliphatic heterocycles. The van der Waals surface area contributed by atoms with E-state index in [2.05, 4.69) is 0 Å². The van der Waals surface area contributed by atoms with Crippen LogP contribution in [0.3, 0.4) is 0 Å². The second-order valence-electron chi connectivity index (χ2n) is 3.46. The van der Waals surface area contributed by atoms with E-state index in [9.17, 15) is 19.3 Å². The van der Waals surface area contributed by atoms with Crippen LogP contribution in [0.25, 0.3) is 0 Å². The lowest BCUT2D eigenvalue weighted by molar-refractivity contribution is -0.384. The summed E-state index contributed by atoms with van der Waals surface area (Å²) >= 11 is 0. The van der Waals surface area contributed by atoms with Crippen molar-refractivity contribution in [2.45, 2.75) is 6.42 Å². The number of halogens is 1. The summed E-state index contributed by atoms with van der Waals surface area (Å²) in [5.41, 5.74) is -0.185. The molecule has 1 N–H and O–H groups in total. The summed E-state index contributed by atoms with van der Waals surface area (Å²) in [4.78, 5) is 21.8. The largest absolute Gasteiger partial charge is 0.481 e. The number of anilines is 1. The first-order valence-electron chi connectivity index (χ1n) is 4.78. The van der Waals surface area contributed by atoms with Gasteiger partial charge in [-0.05, 0) is 6.07 Å². The Bertz CT molecular complexity index is 450. The lowest BCUT2D eigenvalue weighted by Crippen LogP contribution is -2.22. The minimum absolute atomic E-state index is 0.0660. The molecule has 0 atom stereocenters. The number of carboxylic acids is 1. The molecule has 1 aromatic carbocycles. The molecule has 0 unspecified atom stereocenters. The number of carboxylic acid groups (broad SMARTS) is 1. The lowest BCUT2D eigenvalue weighted by atomic mass is 10.2. The minimum atomic E-state index is -1.02. The molecule has 0 spiro atoms. The second kappa shape index (κ2) is 5.24. The molecule has 0 amide bonds. The van der Waals surface area contributed by atoms with E-state index in [1.165, 1.54) is 11.9 Å². The van der Waals surface area contributed by atoms with E-state index in [0.29, 0.717) is 0 Å². The Balaban J connectivity index is 2.97. The molecule has 0 saturated carbocycles. The van der Waals surface area contributed by atoms with Crippen LogP contribution in [-0.4, -0.2) is 29.6 Å². The molecule has 7 heteroatoms. The van der Waals surface area contributed by atoms with Crippen LogP contribution >= 0.6 is 0 Å². The smallest absolute Gasteiger partial charge is 0.305 e. The first-order chi connectivity index (χ1) is 7.91. The fourth-order valence-electron chi connectivity index (χ4n) is 1.34. The summed E-state index contributed by atoms with van der Waals surface area (Å²) < 4.78 is 13.0. The van der Waals surface area contributed by atoms with Crippen molar-refractivity contribution in [1.29, 1.82) is 0 Å². The zero-order valence-corrected chi connectivity index (χ0v) is 9.09. The number of benzene rings is 1. The van der Waals surface area contributed by atoms with Gasteiger partial charge >= 0.3 is 5.97 Å². The fourth-order valence-corrected chi connectivity index (χ4v) is 1.34. The van der Waals surface area contributed by atoms with Crippen LogP contribution in [0.5, 0.6) is 0 Å². The molecule has 0 heterocycles. The van der Waals surface area contributed by atoms with Crippen molar-refractivity contribution in [3.05, 3.63) is 34.1 Å². The van der Waals surface area contributed by atoms with Gasteiger partial charge in [0.25, 0.3) is 5.69 Å². The molecule has 1 aromatic rings. The standard InChI is InChI=1S/C10H11FN2O4/c1-12(5-4-10(14)15)9-6-7(11)2-3-8(9)13(16)17/h2-3,6H,4-5H2,1H3,(H,14,15). The summed E-state index contributed by atoms with van der Waals surface area (Å²) in [6.45, 7) is 0.0691. The van der Waals surface area contributed by atoms with Gasteiger partial charge in [-0.2, -0.15) is 0 Å². The Hall–Kier alpha value is -2.18. The zero-order valence-electron chi connectivity index (χ0n) is 9.09. The van der Waals surface area contributed by atoms with Gasteiger partial charge in [0.1, 0.15) is 11.5 Å². The highest BCUT2D eigenvalue weighted by Gasteiger charge is 2.18. The van der Waals surface area contributed by atoms with Gasteiger partial charge in [0.2, 0.25) is 0 Å². The molecule has 92 valence electrons. The van der Waals surface area contributed by atoms with Gasteiger partial charge in [-0.15, -0.1) is 0 Å². The molecular formula is C10H11FN2O4. The number of aliphatic carboxylic acids is 1. The van der Waals surface area contributed by atoms with E-state index >= 15 is 0 Å². The SMILES string of the molecule is CN(CCC(=O)O)c1cc(F)ccc1[N+](=O)[O-]. The topological polar surface area (TPSA) is 83.7 Å². The van der Waals surface area contributed by atoms with Crippen molar-refractivity contribution in [3.63, 3.8) is 0 Å². The van der Waals surface area contributed by atoms with E-state index < -0.39 is 16.7 Å². The van der Waals surface area contributed by atoms with E-state index in [1.54, 1.807) is 0 Å². The van der Waals surface area contributed by atoms with Crippen molar-refractivity contribution in [3.8, 4) is 0 Å². The van der Waals surface area contributed by atoms with Crippen LogP contribution in [0, 0.1) is 15.9 Å². The third-order valence-corrected chi connectivity index (χ3v) is 2.21. The van der Waals surface area contributed by atoms with Crippen LogP contribution in [0.2, 0.25) is 0 Å². The maximum Gasteiger partial charge on any atom is 0.305 e. The van der Waals surface area contributed by atoms with E-state index in [-0.39, 0.29) is 24.3 Å². The lowest BCUT2D eigenvalue weighted by Gasteiger charge is -2.17. The summed E-state index contributed by atoms with van der Waals surface area (Å²) in [6.07, 6.45) is -0.176. The molecule has 0 radical (unpaired) electrons. The third-order valence-electron chi connectivity index (χ3n) is 2.21. The zero-order chi connectivity index (χ0) is 13.0. The van der Waals surface area contributed by atoms with Crippen LogP contribution < -0.4 is 4.90 Å². The van der Waals surface area contributed by atoms with Crippen LogP contribution in [-0.2, 0) is 4.79 Å². The average molecular weight is 242 g/mol. The predicted molar refractivity (Wildman–Crippen MR) is 58.6 cm³/mol. The number of carbonyl (C=O) groups is 1. The fraction of sp³-hybridized carbons (Fsp3) is 0.300. The highest BCUT2D eigenvalue weighted by atomic mass is 19.1. The van der Waals surface area contributed by atoms with Gasteiger partial charge in [-0.1, -0.05) is 0 Å². The Labute approximate surface area is 96.4 Å². The number of nitro benzene ring substituents is 1. The van der Waals surface area contributed by atoms with Gasteiger partial charge in [0.05, 0.1) is 11.3 Å². The summed E-state index contributed by atoms with van der Waals surface area (Å²) in [6, 6.07) is 3.06. The molecule has 6 nitrogen and oxygen atoms in total. The average Bonchev–Trinajstić information content (AvgIpc) is 2.25. The summed E-state index contributed by atoms with van der Waals surface area (Å²) in [5.74, 6) is -1.62. The highest BCUT2D eigenvalue weighted by Crippen LogP contribution is 2.27. The van der Waals surface area contributed by atoms with Gasteiger partial charge < -0.3 is 10.0 Å². The Kier molecular flexibility index (Phi) is 3.97. The molecular weight excluding hydrogens is 231 g/mol. The first kappa shape index (κ1) is 12.9. The summed E-state index contributed by atoms with van der Waals surface area (Å²) in [7, 11) is 1.48. The second-order valence-corrected chi connectivity index (χ2v) is 3.46. The maximum absolute atomic E-state index is 13.0. The monoisotopic (exact) mass is 242 g/mol. The number of nitrogens with zero attached hydrogens (tertiary/aromatic N) is 2. The Morgan fingerprint density at radius 1 is 1.59 bits per heavy atom. The van der Waals surface area contributed by atoms with Gasteiger partial charge in [0, 0.05) is 25.7 Å². The van der Waals surface area contributed by atoms with Crippen molar-refractivity contribution >= 4 is 17.3 Å². The molecule has 0 fully saturated rings. The van der Waals surface area contributed by atoms with E-state index in [0.717, 1.165) is 18.2 Å². The van der Waals surface area contributed by atoms with Gasteiger partial charge in [0.15, 0.2) is 0 Å². The molecule has 0 aliphatic carbocycles. The van der Waals surface area contributed by atoms with Crippen LogP contribution in [0.15, 0.2) is 18.2 Å². The van der Waals surface area contributed by atoms with Gasteiger partial charge in [-0.25, -0.2) is 4.39 Å². The molecule has 0 saturated heterocycles. The number of rotatable bonds is 5. The van der Waals surface area contributed by atoms with E-state index in [1.807, 2.05) is 0 Å². The molecule has 0 aliphatic rings. The third kappa shape index (κ3) is 3.40. The first-order valence-corrected chi connectivity index (χ1v) is 4.78. The number of hydrogen-bond acceptors (Lipinski definition) is 4. The normalized spacial score (nSPS) is 10.0. The minimum Gasteiger partial charge on any atom is -0.481 e. The van der Waals surface area contributed by atoms with Crippen LogP contribution in [0.4, 0.5) is 15.8 Å². The van der Waals surface area contributed by atoms with Gasteiger partial charge in [-0.3, -0.25) is 14.9 Å². The van der Waals surface area contributed by atoms with Crippen LogP contribution in [0.1, 0.15) is 6.42 Å². The maximum atomic E-state index is 13.0. The van der Waals surface area contributed by atoms with E-state index in [4.69, 9.17) is 5.11 Å².